The topological polar surface area (TPSA) is 49.6 Å². The van der Waals surface area contributed by atoms with E-state index in [4.69, 9.17) is 5.73 Å². The van der Waals surface area contributed by atoms with Crippen LogP contribution < -0.4 is 10.6 Å². The summed E-state index contributed by atoms with van der Waals surface area (Å²) in [5.41, 5.74) is 7.10. The van der Waals surface area contributed by atoms with Crippen molar-refractivity contribution in [2.75, 3.05) is 31.1 Å². The number of primary amides is 1. The lowest BCUT2D eigenvalue weighted by Gasteiger charge is -2.25. The Hall–Kier alpha value is -1.55. The van der Waals surface area contributed by atoms with Gasteiger partial charge < -0.3 is 10.6 Å². The van der Waals surface area contributed by atoms with E-state index in [1.807, 2.05) is 24.3 Å². The van der Waals surface area contributed by atoms with Gasteiger partial charge in [-0.2, -0.15) is 0 Å². The number of rotatable bonds is 3. The highest BCUT2D eigenvalue weighted by Crippen LogP contribution is 2.27. The molecular formula is C15H21N3O. The van der Waals surface area contributed by atoms with Gasteiger partial charge >= 0.3 is 0 Å². The van der Waals surface area contributed by atoms with Crippen LogP contribution in [0.4, 0.5) is 5.69 Å². The first kappa shape index (κ1) is 12.5. The van der Waals surface area contributed by atoms with Gasteiger partial charge in [0, 0.05) is 24.8 Å². The third-order valence-electron chi connectivity index (χ3n) is 4.33. The molecule has 2 saturated heterocycles. The summed E-state index contributed by atoms with van der Waals surface area (Å²) in [6.45, 7) is 4.50. The number of para-hydroxylation sites is 1. The molecule has 4 nitrogen and oxygen atoms in total. The Morgan fingerprint density at radius 1 is 1.16 bits per heavy atom. The van der Waals surface area contributed by atoms with Gasteiger partial charge in [-0.05, 0) is 44.5 Å². The fourth-order valence-corrected chi connectivity index (χ4v) is 3.32. The van der Waals surface area contributed by atoms with Crippen LogP contribution in [0.5, 0.6) is 0 Å². The van der Waals surface area contributed by atoms with Crippen LogP contribution in [0.15, 0.2) is 24.3 Å². The van der Waals surface area contributed by atoms with Crippen LogP contribution in [0.1, 0.15) is 29.6 Å². The van der Waals surface area contributed by atoms with Crippen molar-refractivity contribution in [3.8, 4) is 0 Å². The highest BCUT2D eigenvalue weighted by Gasteiger charge is 2.30. The molecule has 0 aliphatic carbocycles. The van der Waals surface area contributed by atoms with E-state index in [0.29, 0.717) is 11.6 Å². The van der Waals surface area contributed by atoms with Gasteiger partial charge in [-0.1, -0.05) is 12.1 Å². The minimum Gasteiger partial charge on any atom is -0.369 e. The van der Waals surface area contributed by atoms with Gasteiger partial charge in [0.25, 0.3) is 5.91 Å². The lowest BCUT2D eigenvalue weighted by Crippen LogP contribution is -2.35. The van der Waals surface area contributed by atoms with Crippen molar-refractivity contribution in [1.82, 2.24) is 4.90 Å². The first-order valence-corrected chi connectivity index (χ1v) is 7.13. The largest absolute Gasteiger partial charge is 0.369 e. The summed E-state index contributed by atoms with van der Waals surface area (Å²) in [5.74, 6) is -0.333. The number of anilines is 1. The van der Waals surface area contributed by atoms with Crippen molar-refractivity contribution < 1.29 is 4.79 Å². The average molecular weight is 259 g/mol. The standard InChI is InChI=1S/C15H21N3O/c16-15(19)13-5-1-2-6-14(13)18-10-7-12(11-18)17-8-3-4-9-17/h1-2,5-6,12H,3-4,7-11H2,(H2,16,19)/t12-/m0/s1. The molecule has 3 rings (SSSR count). The predicted octanol–water partition coefficient (Wildman–Crippen LogP) is 1.46. The zero-order valence-electron chi connectivity index (χ0n) is 11.2. The van der Waals surface area contributed by atoms with E-state index in [2.05, 4.69) is 9.80 Å². The van der Waals surface area contributed by atoms with Crippen molar-refractivity contribution in [2.45, 2.75) is 25.3 Å². The minimum atomic E-state index is -0.333. The number of likely N-dealkylation sites (tertiary alicyclic amines) is 1. The molecule has 0 aromatic heterocycles. The van der Waals surface area contributed by atoms with E-state index in [1.54, 1.807) is 0 Å². The Bertz CT molecular complexity index is 468. The van der Waals surface area contributed by atoms with Crippen LogP contribution in [-0.4, -0.2) is 43.0 Å². The molecule has 1 aromatic carbocycles. The Labute approximate surface area is 114 Å². The number of amides is 1. The molecule has 2 heterocycles. The van der Waals surface area contributed by atoms with Crippen molar-refractivity contribution in [1.29, 1.82) is 0 Å². The van der Waals surface area contributed by atoms with E-state index in [0.717, 1.165) is 18.8 Å². The minimum absolute atomic E-state index is 0.333. The smallest absolute Gasteiger partial charge is 0.250 e. The number of benzene rings is 1. The molecule has 2 aliphatic heterocycles. The fraction of sp³-hybridized carbons (Fsp3) is 0.533. The first-order valence-electron chi connectivity index (χ1n) is 7.13. The predicted molar refractivity (Wildman–Crippen MR) is 76.4 cm³/mol. The van der Waals surface area contributed by atoms with E-state index < -0.39 is 0 Å². The number of nitrogens with two attached hydrogens (primary N) is 1. The van der Waals surface area contributed by atoms with Gasteiger partial charge in [0.1, 0.15) is 0 Å². The summed E-state index contributed by atoms with van der Waals surface area (Å²) >= 11 is 0. The molecule has 4 heteroatoms. The highest BCUT2D eigenvalue weighted by atomic mass is 16.1. The molecule has 0 bridgehead atoms. The Morgan fingerprint density at radius 3 is 2.63 bits per heavy atom. The second kappa shape index (κ2) is 5.21. The van der Waals surface area contributed by atoms with Gasteiger partial charge in [0.2, 0.25) is 0 Å². The molecule has 0 spiro atoms. The molecule has 0 unspecified atom stereocenters. The van der Waals surface area contributed by atoms with Crippen molar-refractivity contribution in [3.63, 3.8) is 0 Å². The molecule has 1 atom stereocenters. The zero-order chi connectivity index (χ0) is 13.2. The van der Waals surface area contributed by atoms with Crippen molar-refractivity contribution in [2.24, 2.45) is 5.73 Å². The van der Waals surface area contributed by atoms with Gasteiger partial charge in [-0.3, -0.25) is 9.69 Å². The van der Waals surface area contributed by atoms with Crippen LogP contribution in [0.3, 0.4) is 0 Å². The molecule has 2 fully saturated rings. The summed E-state index contributed by atoms with van der Waals surface area (Å²) in [6, 6.07) is 8.32. The van der Waals surface area contributed by atoms with Crippen molar-refractivity contribution in [3.05, 3.63) is 29.8 Å². The van der Waals surface area contributed by atoms with Gasteiger partial charge in [0.05, 0.1) is 5.56 Å². The van der Waals surface area contributed by atoms with Crippen molar-refractivity contribution >= 4 is 11.6 Å². The molecule has 0 radical (unpaired) electrons. The maximum Gasteiger partial charge on any atom is 0.250 e. The number of carbonyl (C=O) groups is 1. The number of carbonyl (C=O) groups excluding carboxylic acids is 1. The third kappa shape index (κ3) is 2.45. The van der Waals surface area contributed by atoms with Gasteiger partial charge in [-0.25, -0.2) is 0 Å². The number of nitrogens with zero attached hydrogens (tertiary/aromatic N) is 2. The maximum atomic E-state index is 11.5. The molecule has 2 aliphatic rings. The van der Waals surface area contributed by atoms with Crippen LogP contribution in [0.25, 0.3) is 0 Å². The van der Waals surface area contributed by atoms with Crippen LogP contribution >= 0.6 is 0 Å². The van der Waals surface area contributed by atoms with Crippen LogP contribution in [0.2, 0.25) is 0 Å². The molecule has 102 valence electrons. The molecule has 1 amide bonds. The van der Waals surface area contributed by atoms with Gasteiger partial charge in [0.15, 0.2) is 0 Å². The number of hydrogen-bond acceptors (Lipinski definition) is 3. The molecule has 2 N–H and O–H groups in total. The second-order valence-corrected chi connectivity index (χ2v) is 5.51. The van der Waals surface area contributed by atoms with Gasteiger partial charge in [-0.15, -0.1) is 0 Å². The molecule has 1 aromatic rings. The molecular weight excluding hydrogens is 238 g/mol. The van der Waals surface area contributed by atoms with E-state index >= 15 is 0 Å². The summed E-state index contributed by atoms with van der Waals surface area (Å²) in [7, 11) is 0. The summed E-state index contributed by atoms with van der Waals surface area (Å²) in [6.07, 6.45) is 3.84. The quantitative estimate of drug-likeness (QED) is 0.894. The summed E-state index contributed by atoms with van der Waals surface area (Å²) < 4.78 is 0. The first-order chi connectivity index (χ1) is 9.25. The highest BCUT2D eigenvalue weighted by molar-refractivity contribution is 5.98. The maximum absolute atomic E-state index is 11.5. The van der Waals surface area contributed by atoms with E-state index in [-0.39, 0.29) is 5.91 Å². The van der Waals surface area contributed by atoms with Crippen LogP contribution in [-0.2, 0) is 0 Å². The summed E-state index contributed by atoms with van der Waals surface area (Å²) in [4.78, 5) is 16.4. The fourth-order valence-electron chi connectivity index (χ4n) is 3.32. The lowest BCUT2D eigenvalue weighted by molar-refractivity contribution is 0.100. The monoisotopic (exact) mass is 259 g/mol. The van der Waals surface area contributed by atoms with Crippen LogP contribution in [0, 0.1) is 0 Å². The second-order valence-electron chi connectivity index (χ2n) is 5.51. The zero-order valence-corrected chi connectivity index (χ0v) is 11.2. The van der Waals surface area contributed by atoms with E-state index in [1.165, 1.54) is 32.4 Å². The Balaban J connectivity index is 1.75. The lowest BCUT2D eigenvalue weighted by atomic mass is 10.1. The normalized spacial score (nSPS) is 24.0. The molecule has 19 heavy (non-hydrogen) atoms. The van der Waals surface area contributed by atoms with E-state index in [9.17, 15) is 4.79 Å². The SMILES string of the molecule is NC(=O)c1ccccc1N1CC[C@H](N2CCCC2)C1. The molecule has 0 saturated carbocycles. The average Bonchev–Trinajstić information content (AvgIpc) is 3.09. The Morgan fingerprint density at radius 2 is 1.89 bits per heavy atom. The third-order valence-corrected chi connectivity index (χ3v) is 4.33. The summed E-state index contributed by atoms with van der Waals surface area (Å²) in [5, 5.41) is 0. The Kier molecular flexibility index (Phi) is 3.42. The number of hydrogen-bond donors (Lipinski definition) is 1.